The predicted molar refractivity (Wildman–Crippen MR) is 73.4 cm³/mol. The van der Waals surface area contributed by atoms with Crippen LogP contribution in [0, 0.1) is 10.1 Å². The van der Waals surface area contributed by atoms with E-state index in [0.717, 1.165) is 0 Å². The maximum Gasteiger partial charge on any atom is 0.380 e. The molecule has 0 aromatic heterocycles. The molecule has 0 heterocycles. The van der Waals surface area contributed by atoms with Gasteiger partial charge in [0, 0.05) is 38.2 Å². The molecule has 6 nitrogen and oxygen atoms in total. The van der Waals surface area contributed by atoms with Gasteiger partial charge in [0.25, 0.3) is 5.69 Å². The molecule has 0 saturated carbocycles. The van der Waals surface area contributed by atoms with E-state index in [1.807, 2.05) is 0 Å². The number of nitrogens with zero attached hydrogens (tertiary/aromatic N) is 1. The van der Waals surface area contributed by atoms with Gasteiger partial charge in [-0.3, -0.25) is 10.1 Å². The number of hydrogen-bond donors (Lipinski definition) is 0. The first kappa shape index (κ1) is 16.2. The van der Waals surface area contributed by atoms with Crippen molar-refractivity contribution in [3.8, 4) is 5.75 Å². The van der Waals surface area contributed by atoms with Crippen molar-refractivity contribution in [2.75, 3.05) is 14.2 Å². The molecule has 0 amide bonds. The lowest BCUT2D eigenvalue weighted by Crippen LogP contribution is -1.97. The highest BCUT2D eigenvalue weighted by atomic mass is 32.5. The van der Waals surface area contributed by atoms with E-state index >= 15 is 0 Å². The number of nitro benzene ring substituents is 1. The summed E-state index contributed by atoms with van der Waals surface area (Å²) < 4.78 is 15.1. The van der Waals surface area contributed by atoms with Crippen molar-refractivity contribution in [3.63, 3.8) is 0 Å². The van der Waals surface area contributed by atoms with Crippen LogP contribution in [0.5, 0.6) is 5.75 Å². The van der Waals surface area contributed by atoms with Crippen molar-refractivity contribution in [3.05, 3.63) is 34.4 Å². The van der Waals surface area contributed by atoms with Gasteiger partial charge in [-0.05, 0) is 23.1 Å². The fraction of sp³-hybridized carbons (Fsp3) is 0.250. The molecule has 1 aromatic carbocycles. The Morgan fingerprint density at radius 1 is 1.24 bits per heavy atom. The summed E-state index contributed by atoms with van der Waals surface area (Å²) in [4.78, 5) is 9.92. The highest BCUT2D eigenvalue weighted by Gasteiger charge is 2.18. The molecule has 0 radical (unpaired) electrons. The van der Waals surface area contributed by atoms with Gasteiger partial charge >= 0.3 is 6.72 Å². The second-order valence-corrected chi connectivity index (χ2v) is 5.80. The van der Waals surface area contributed by atoms with Crippen molar-refractivity contribution >= 4 is 35.2 Å². The van der Waals surface area contributed by atoms with Crippen molar-refractivity contribution in [2.24, 2.45) is 0 Å². The molecule has 9 heteroatoms. The zero-order valence-corrected chi connectivity index (χ0v) is 10.4. The predicted octanol–water partition coefficient (Wildman–Crippen LogP) is 1.04. The van der Waals surface area contributed by atoms with Gasteiger partial charge in [-0.2, -0.15) is 0 Å². The van der Waals surface area contributed by atoms with Crippen LogP contribution in [-0.2, 0) is 20.9 Å². The van der Waals surface area contributed by atoms with Crippen molar-refractivity contribution in [1.82, 2.24) is 0 Å². The molecule has 17 heavy (non-hydrogen) atoms. The molecule has 0 bridgehead atoms. The lowest BCUT2D eigenvalue weighted by atomic mass is 10.3. The first-order chi connectivity index (χ1) is 7.50. The first-order valence-electron chi connectivity index (χ1n) is 4.16. The largest absolute Gasteiger partial charge is 0.424 e. The fourth-order valence-corrected chi connectivity index (χ4v) is 1.84. The van der Waals surface area contributed by atoms with Crippen molar-refractivity contribution < 1.29 is 18.5 Å². The van der Waals surface area contributed by atoms with Gasteiger partial charge in [-0.25, -0.2) is 0 Å². The molecule has 0 spiro atoms. The van der Waals surface area contributed by atoms with E-state index in [2.05, 4.69) is 0 Å². The van der Waals surface area contributed by atoms with Crippen LogP contribution in [0.25, 0.3) is 0 Å². The van der Waals surface area contributed by atoms with Gasteiger partial charge in [0.15, 0.2) is 0 Å². The molecule has 0 aliphatic rings. The lowest BCUT2D eigenvalue weighted by molar-refractivity contribution is -0.384. The Balaban J connectivity index is 0.00000256. The van der Waals surface area contributed by atoms with Crippen LogP contribution < -0.4 is 4.52 Å². The third-order valence-corrected chi connectivity index (χ3v) is 4.16. The van der Waals surface area contributed by atoms with E-state index in [1.54, 1.807) is 0 Å². The summed E-state index contributed by atoms with van der Waals surface area (Å²) in [7, 11) is 2.77. The van der Waals surface area contributed by atoms with Crippen LogP contribution in [0.1, 0.15) is 0 Å². The second-order valence-electron chi connectivity index (χ2n) is 2.65. The molecule has 0 N–H and O–H groups in total. The smallest absolute Gasteiger partial charge is 0.380 e. The zero-order valence-electron chi connectivity index (χ0n) is 8.65. The molecule has 0 unspecified atom stereocenters. The average Bonchev–Trinajstić information content (AvgIpc) is 2.29. The molecule has 0 fully saturated rings. The summed E-state index contributed by atoms with van der Waals surface area (Å²) >= 11 is 4.98. The van der Waals surface area contributed by atoms with Gasteiger partial charge in [0.05, 0.1) is 4.92 Å². The molecule has 96 valence electrons. The number of nitro groups is 1. The Morgan fingerprint density at radius 3 is 2.06 bits per heavy atom. The summed E-state index contributed by atoms with van der Waals surface area (Å²) in [6.07, 6.45) is 0. The first-order valence-corrected chi connectivity index (χ1v) is 6.72. The second kappa shape index (κ2) is 6.82. The van der Waals surface area contributed by atoms with Gasteiger partial charge in [0.1, 0.15) is 5.75 Å². The van der Waals surface area contributed by atoms with E-state index in [4.69, 9.17) is 25.4 Å². The molecule has 0 atom stereocenters. The molecule has 1 aromatic rings. The van der Waals surface area contributed by atoms with E-state index < -0.39 is 11.6 Å². The lowest BCUT2D eigenvalue weighted by Gasteiger charge is -2.17. The molecular weight excluding hydrogens is 281 g/mol. The minimum Gasteiger partial charge on any atom is -0.424 e. The quantitative estimate of drug-likeness (QED) is 0.350. The van der Waals surface area contributed by atoms with Crippen LogP contribution in [0.15, 0.2) is 24.3 Å². The van der Waals surface area contributed by atoms with E-state index in [0.29, 0.717) is 5.75 Å². The Bertz CT molecular complexity index is 418. The normalized spacial score (nSPS) is 10.5. The SMILES string of the molecule is COP(=S)(OC)Oc1ccc([N+](=O)[O-])cc1.[SiH4]. The van der Waals surface area contributed by atoms with E-state index in [-0.39, 0.29) is 16.7 Å². The molecule has 1 rings (SSSR count). The fourth-order valence-electron chi connectivity index (χ4n) is 0.907. The number of non-ortho nitro benzene ring substituents is 1. The summed E-state index contributed by atoms with van der Waals surface area (Å²) in [5, 5.41) is 10.4. The Hall–Kier alpha value is -0.793. The van der Waals surface area contributed by atoms with Crippen molar-refractivity contribution in [1.29, 1.82) is 0 Å². The van der Waals surface area contributed by atoms with E-state index in [9.17, 15) is 10.1 Å². The van der Waals surface area contributed by atoms with Gasteiger partial charge in [-0.15, -0.1) is 0 Å². The molecule has 0 aliphatic carbocycles. The Morgan fingerprint density at radius 2 is 1.71 bits per heavy atom. The number of hydrogen-bond acceptors (Lipinski definition) is 6. The third kappa shape index (κ3) is 4.53. The van der Waals surface area contributed by atoms with Crippen LogP contribution >= 0.6 is 6.72 Å². The summed E-state index contributed by atoms with van der Waals surface area (Å²) in [5.74, 6) is 0.373. The topological polar surface area (TPSA) is 70.8 Å². The summed E-state index contributed by atoms with van der Waals surface area (Å²) in [6.45, 7) is -2.78. The standard InChI is InChI=1S/C8H10NO5PS.H4Si/c1-12-15(16,13-2)14-8-5-3-7(4-6-8)9(10)11;/h3-6H,1-2H3;1H4. The van der Waals surface area contributed by atoms with Crippen LogP contribution in [0.3, 0.4) is 0 Å². The third-order valence-electron chi connectivity index (χ3n) is 1.71. The highest BCUT2D eigenvalue weighted by Crippen LogP contribution is 2.48. The number of benzene rings is 1. The summed E-state index contributed by atoms with van der Waals surface area (Å²) in [5.41, 5.74) is -0.0181. The molecule has 0 aliphatic heterocycles. The van der Waals surface area contributed by atoms with Gasteiger partial charge < -0.3 is 13.6 Å². The van der Waals surface area contributed by atoms with Gasteiger partial charge in [-0.1, -0.05) is 0 Å². The maximum absolute atomic E-state index is 10.4. The maximum atomic E-state index is 10.4. The number of rotatable bonds is 5. The zero-order chi connectivity index (χ0) is 12.2. The van der Waals surface area contributed by atoms with Crippen LogP contribution in [-0.4, -0.2) is 30.1 Å². The highest BCUT2D eigenvalue weighted by molar-refractivity contribution is 8.07. The molecular formula is C8H14NO5PSSi. The minimum absolute atomic E-state index is 0. The van der Waals surface area contributed by atoms with E-state index in [1.165, 1.54) is 38.5 Å². The van der Waals surface area contributed by atoms with Crippen LogP contribution in [0.2, 0.25) is 0 Å². The Kier molecular flexibility index (Phi) is 6.51. The summed E-state index contributed by atoms with van der Waals surface area (Å²) in [6, 6.07) is 5.52. The monoisotopic (exact) mass is 295 g/mol. The van der Waals surface area contributed by atoms with Crippen molar-refractivity contribution in [2.45, 2.75) is 0 Å². The van der Waals surface area contributed by atoms with Gasteiger partial charge in [0.2, 0.25) is 0 Å². The average molecular weight is 295 g/mol. The Labute approximate surface area is 108 Å². The minimum atomic E-state index is -2.78. The van der Waals surface area contributed by atoms with Crippen LogP contribution in [0.4, 0.5) is 5.69 Å². The molecule has 0 saturated heterocycles.